The van der Waals surface area contributed by atoms with E-state index >= 15 is 0 Å². The molecule has 7 heteroatoms. The van der Waals surface area contributed by atoms with Crippen LogP contribution < -0.4 is 10.6 Å². The number of ether oxygens (including phenoxy) is 2. The molecule has 0 amide bonds. The van der Waals surface area contributed by atoms with Gasteiger partial charge in [-0.15, -0.1) is 35.3 Å². The van der Waals surface area contributed by atoms with E-state index < -0.39 is 0 Å². The van der Waals surface area contributed by atoms with Gasteiger partial charge in [0.05, 0.1) is 26.4 Å². The van der Waals surface area contributed by atoms with Crippen molar-refractivity contribution in [1.82, 2.24) is 10.6 Å². The third-order valence-electron chi connectivity index (χ3n) is 4.02. The van der Waals surface area contributed by atoms with Crippen LogP contribution in [0.5, 0.6) is 0 Å². The number of halogens is 1. The zero-order valence-corrected chi connectivity index (χ0v) is 20.1. The van der Waals surface area contributed by atoms with E-state index in [1.165, 1.54) is 20.9 Å². The Hall–Kier alpha value is -1.16. The van der Waals surface area contributed by atoms with Crippen molar-refractivity contribution in [3.63, 3.8) is 0 Å². The Balaban J connectivity index is 0.00000392. The predicted molar refractivity (Wildman–Crippen MR) is 129 cm³/mol. The van der Waals surface area contributed by atoms with Crippen LogP contribution in [0.15, 0.2) is 41.4 Å². The predicted octanol–water partition coefficient (Wildman–Crippen LogP) is 4.35. The Morgan fingerprint density at radius 2 is 1.68 bits per heavy atom. The molecule has 1 aromatic carbocycles. The zero-order chi connectivity index (χ0) is 19.3. The summed E-state index contributed by atoms with van der Waals surface area (Å²) < 4.78 is 10.9. The van der Waals surface area contributed by atoms with Crippen molar-refractivity contribution in [1.29, 1.82) is 0 Å². The van der Waals surface area contributed by atoms with E-state index in [-0.39, 0.29) is 24.0 Å². The zero-order valence-electron chi connectivity index (χ0n) is 17.0. The number of hydrogen-bond acceptors (Lipinski definition) is 4. The molecule has 0 saturated heterocycles. The van der Waals surface area contributed by atoms with E-state index in [2.05, 4.69) is 58.9 Å². The highest BCUT2D eigenvalue weighted by molar-refractivity contribution is 14.0. The van der Waals surface area contributed by atoms with Gasteiger partial charge < -0.3 is 20.1 Å². The van der Waals surface area contributed by atoms with E-state index in [1.807, 2.05) is 18.3 Å². The third kappa shape index (κ3) is 9.36. The second-order valence-corrected chi connectivity index (χ2v) is 7.32. The van der Waals surface area contributed by atoms with E-state index in [1.54, 1.807) is 7.05 Å². The maximum atomic E-state index is 5.64. The lowest BCUT2D eigenvalue weighted by Gasteiger charge is -2.12. The lowest BCUT2D eigenvalue weighted by atomic mass is 10.1. The first-order chi connectivity index (χ1) is 13.2. The fraction of sp³-hybridized carbons (Fsp3) is 0.476. The summed E-state index contributed by atoms with van der Waals surface area (Å²) in [6.07, 6.45) is 1.09. The van der Waals surface area contributed by atoms with Crippen molar-refractivity contribution in [2.45, 2.75) is 40.0 Å². The largest absolute Gasteiger partial charge is 0.379 e. The van der Waals surface area contributed by atoms with Crippen LogP contribution in [0.2, 0.25) is 0 Å². The molecule has 5 nitrogen and oxygen atoms in total. The van der Waals surface area contributed by atoms with E-state index in [9.17, 15) is 0 Å². The van der Waals surface area contributed by atoms with Gasteiger partial charge in [0, 0.05) is 30.0 Å². The molecule has 0 radical (unpaired) electrons. The molecule has 2 aromatic rings. The van der Waals surface area contributed by atoms with Crippen LogP contribution in [0, 0.1) is 0 Å². The highest BCUT2D eigenvalue weighted by Crippen LogP contribution is 2.16. The van der Waals surface area contributed by atoms with Gasteiger partial charge in [-0.2, -0.15) is 0 Å². The summed E-state index contributed by atoms with van der Waals surface area (Å²) in [4.78, 5) is 7.04. The Labute approximate surface area is 190 Å². The summed E-state index contributed by atoms with van der Waals surface area (Å²) in [5, 5.41) is 6.74. The van der Waals surface area contributed by atoms with Gasteiger partial charge in [-0.05, 0) is 36.6 Å². The molecule has 2 rings (SSSR count). The topological polar surface area (TPSA) is 54.9 Å². The third-order valence-corrected chi connectivity index (χ3v) is 5.25. The number of guanidine groups is 1. The molecule has 1 aromatic heterocycles. The molecule has 0 aliphatic rings. The SMILES string of the molecule is CCOCCOCc1cccc(CNC(=NC)NCc2ccc(CC)s2)c1.I. The molecular formula is C21H32IN3O2S. The maximum absolute atomic E-state index is 5.64. The van der Waals surface area contributed by atoms with Crippen molar-refractivity contribution >= 4 is 41.3 Å². The fourth-order valence-corrected chi connectivity index (χ4v) is 3.46. The molecule has 1 heterocycles. The Morgan fingerprint density at radius 1 is 0.964 bits per heavy atom. The first-order valence-electron chi connectivity index (χ1n) is 9.50. The number of nitrogens with one attached hydrogen (secondary N) is 2. The van der Waals surface area contributed by atoms with Crippen LogP contribution in [-0.4, -0.2) is 32.8 Å². The monoisotopic (exact) mass is 517 g/mol. The standard InChI is InChI=1S/C21H31N3O2S.HI/c1-4-19-9-10-20(27-19)15-24-21(22-3)23-14-17-7-6-8-18(13-17)16-26-12-11-25-5-2;/h6-10,13H,4-5,11-12,14-16H2,1-3H3,(H2,22,23,24);1H. The molecule has 2 N–H and O–H groups in total. The molecule has 28 heavy (non-hydrogen) atoms. The summed E-state index contributed by atoms with van der Waals surface area (Å²) in [6.45, 7) is 8.27. The Morgan fingerprint density at radius 3 is 2.39 bits per heavy atom. The van der Waals surface area contributed by atoms with Crippen molar-refractivity contribution in [2.24, 2.45) is 4.99 Å². The fourth-order valence-electron chi connectivity index (χ4n) is 2.57. The molecule has 0 atom stereocenters. The number of aliphatic imine (C=N–C) groups is 1. The highest BCUT2D eigenvalue weighted by atomic mass is 127. The van der Waals surface area contributed by atoms with Crippen LogP contribution in [0.4, 0.5) is 0 Å². The average Bonchev–Trinajstić information content (AvgIpc) is 3.16. The number of nitrogens with zero attached hydrogens (tertiary/aromatic N) is 1. The van der Waals surface area contributed by atoms with E-state index in [4.69, 9.17) is 9.47 Å². The number of aryl methyl sites for hydroxylation is 1. The van der Waals surface area contributed by atoms with Gasteiger partial charge in [0.2, 0.25) is 0 Å². The highest BCUT2D eigenvalue weighted by Gasteiger charge is 2.03. The lowest BCUT2D eigenvalue weighted by Crippen LogP contribution is -2.36. The van der Waals surface area contributed by atoms with Crippen molar-refractivity contribution in [3.05, 3.63) is 57.3 Å². The number of thiophene rings is 1. The molecule has 0 unspecified atom stereocenters. The molecule has 0 fully saturated rings. The van der Waals surface area contributed by atoms with Crippen molar-refractivity contribution in [2.75, 3.05) is 26.9 Å². The van der Waals surface area contributed by atoms with Gasteiger partial charge >= 0.3 is 0 Å². The molecular weight excluding hydrogens is 485 g/mol. The van der Waals surface area contributed by atoms with Crippen molar-refractivity contribution < 1.29 is 9.47 Å². The van der Waals surface area contributed by atoms with Gasteiger partial charge in [-0.1, -0.05) is 31.2 Å². The van der Waals surface area contributed by atoms with Crippen LogP contribution in [0.1, 0.15) is 34.7 Å². The Kier molecular flexibility index (Phi) is 13.1. The average molecular weight is 517 g/mol. The minimum absolute atomic E-state index is 0. The van der Waals surface area contributed by atoms with E-state index in [0.29, 0.717) is 19.8 Å². The molecule has 0 saturated carbocycles. The maximum Gasteiger partial charge on any atom is 0.191 e. The van der Waals surface area contributed by atoms with Gasteiger partial charge in [-0.3, -0.25) is 4.99 Å². The second-order valence-electron chi connectivity index (χ2n) is 6.07. The summed E-state index contributed by atoms with van der Waals surface area (Å²) >= 11 is 1.85. The number of hydrogen-bond donors (Lipinski definition) is 2. The summed E-state index contributed by atoms with van der Waals surface area (Å²) in [5.74, 6) is 0.805. The number of rotatable bonds is 11. The van der Waals surface area contributed by atoms with Crippen LogP contribution in [0.3, 0.4) is 0 Å². The first kappa shape index (κ1) is 24.9. The van der Waals surface area contributed by atoms with Crippen LogP contribution >= 0.6 is 35.3 Å². The minimum atomic E-state index is 0. The second kappa shape index (κ2) is 14.8. The minimum Gasteiger partial charge on any atom is -0.379 e. The van der Waals surface area contributed by atoms with Crippen molar-refractivity contribution in [3.8, 4) is 0 Å². The van der Waals surface area contributed by atoms with Crippen LogP contribution in [0.25, 0.3) is 0 Å². The molecule has 0 spiro atoms. The molecule has 0 aliphatic heterocycles. The van der Waals surface area contributed by atoms with Crippen LogP contribution in [-0.2, 0) is 35.6 Å². The summed E-state index contributed by atoms with van der Waals surface area (Å²) in [7, 11) is 1.80. The van der Waals surface area contributed by atoms with E-state index in [0.717, 1.165) is 32.1 Å². The van der Waals surface area contributed by atoms with Gasteiger partial charge in [-0.25, -0.2) is 0 Å². The van der Waals surface area contributed by atoms with Gasteiger partial charge in [0.25, 0.3) is 0 Å². The lowest BCUT2D eigenvalue weighted by molar-refractivity contribution is 0.0453. The summed E-state index contributed by atoms with van der Waals surface area (Å²) in [5.41, 5.74) is 2.37. The quantitative estimate of drug-likeness (QED) is 0.202. The number of benzene rings is 1. The molecule has 156 valence electrons. The molecule has 0 bridgehead atoms. The van der Waals surface area contributed by atoms with Gasteiger partial charge in [0.15, 0.2) is 5.96 Å². The normalized spacial score (nSPS) is 11.2. The Bertz CT molecular complexity index is 706. The molecule has 0 aliphatic carbocycles. The smallest absolute Gasteiger partial charge is 0.191 e. The first-order valence-corrected chi connectivity index (χ1v) is 10.3. The summed E-state index contributed by atoms with van der Waals surface area (Å²) in [6, 6.07) is 12.8. The van der Waals surface area contributed by atoms with Gasteiger partial charge in [0.1, 0.15) is 0 Å².